The number of fused-ring (bicyclic) bond motifs is 1. The van der Waals surface area contributed by atoms with Gasteiger partial charge in [0.2, 0.25) is 0 Å². The Kier molecular flexibility index (Phi) is 4.31. The number of rotatable bonds is 4. The van der Waals surface area contributed by atoms with Crippen molar-refractivity contribution < 1.29 is 9.84 Å². The minimum atomic E-state index is 0.0239. The molecule has 0 spiro atoms. The van der Waals surface area contributed by atoms with Crippen molar-refractivity contribution in [1.29, 1.82) is 0 Å². The van der Waals surface area contributed by atoms with Crippen molar-refractivity contribution in [2.45, 2.75) is 12.6 Å². The normalized spacial score (nSPS) is 19.8. The maximum Gasteiger partial charge on any atom is 0.145 e. The molecule has 3 rings (SSSR count). The fourth-order valence-corrected chi connectivity index (χ4v) is 2.69. The quantitative estimate of drug-likeness (QED) is 0.568. The highest BCUT2D eigenvalue weighted by molar-refractivity contribution is 5.81. The standard InChI is InChI=1S/C15H20N4O2/c16-18-15-12(7-11-3-1-2-4-14(11)17-15)8-19-5-6-21-10-13(19)9-20/h1-4,7,13,20H,5-6,8-10,16H2,(H,17,18). The number of aliphatic hydroxyl groups is 1. The van der Waals surface area contributed by atoms with E-state index >= 15 is 0 Å². The molecule has 6 nitrogen and oxygen atoms in total. The van der Waals surface area contributed by atoms with Crippen LogP contribution in [0, 0.1) is 0 Å². The SMILES string of the molecule is NNc1nc2ccccc2cc1CN1CCOCC1CO. The first-order chi connectivity index (χ1) is 10.3. The van der Waals surface area contributed by atoms with Crippen molar-refractivity contribution in [3.63, 3.8) is 0 Å². The maximum absolute atomic E-state index is 9.46. The van der Waals surface area contributed by atoms with Crippen LogP contribution in [0.15, 0.2) is 30.3 Å². The number of aliphatic hydroxyl groups excluding tert-OH is 1. The van der Waals surface area contributed by atoms with Gasteiger partial charge in [-0.1, -0.05) is 18.2 Å². The fraction of sp³-hybridized carbons (Fsp3) is 0.400. The van der Waals surface area contributed by atoms with Crippen LogP contribution in [0.3, 0.4) is 0 Å². The van der Waals surface area contributed by atoms with Gasteiger partial charge in [-0.05, 0) is 12.1 Å². The number of nitrogens with zero attached hydrogens (tertiary/aromatic N) is 2. The smallest absolute Gasteiger partial charge is 0.145 e. The summed E-state index contributed by atoms with van der Waals surface area (Å²) < 4.78 is 5.41. The summed E-state index contributed by atoms with van der Waals surface area (Å²) in [5, 5.41) is 10.5. The molecule has 4 N–H and O–H groups in total. The molecule has 0 radical (unpaired) electrons. The molecule has 2 aromatic rings. The summed E-state index contributed by atoms with van der Waals surface area (Å²) in [5.74, 6) is 6.29. The van der Waals surface area contributed by atoms with Crippen LogP contribution in [0.5, 0.6) is 0 Å². The van der Waals surface area contributed by atoms with Crippen LogP contribution in [0.1, 0.15) is 5.56 Å². The summed E-state index contributed by atoms with van der Waals surface area (Å²) in [4.78, 5) is 6.76. The van der Waals surface area contributed by atoms with Crippen molar-refractivity contribution in [2.24, 2.45) is 5.84 Å². The Balaban J connectivity index is 1.91. The fourth-order valence-electron chi connectivity index (χ4n) is 2.69. The van der Waals surface area contributed by atoms with Gasteiger partial charge < -0.3 is 15.3 Å². The number of para-hydroxylation sites is 1. The van der Waals surface area contributed by atoms with Gasteiger partial charge in [-0.3, -0.25) is 4.90 Å². The van der Waals surface area contributed by atoms with Gasteiger partial charge in [0.1, 0.15) is 5.82 Å². The molecular formula is C15H20N4O2. The lowest BCUT2D eigenvalue weighted by Gasteiger charge is -2.34. The molecule has 1 aromatic heterocycles. The largest absolute Gasteiger partial charge is 0.395 e. The molecule has 1 aromatic carbocycles. The second kappa shape index (κ2) is 6.36. The number of aromatic nitrogens is 1. The van der Waals surface area contributed by atoms with Crippen molar-refractivity contribution >= 4 is 16.7 Å². The van der Waals surface area contributed by atoms with Crippen LogP contribution in [0.2, 0.25) is 0 Å². The number of nitrogens with two attached hydrogens (primary N) is 1. The van der Waals surface area contributed by atoms with Crippen molar-refractivity contribution in [3.8, 4) is 0 Å². The first-order valence-electron chi connectivity index (χ1n) is 7.09. The molecule has 2 heterocycles. The van der Waals surface area contributed by atoms with Crippen LogP contribution in [0.4, 0.5) is 5.82 Å². The Morgan fingerprint density at radius 3 is 3.10 bits per heavy atom. The molecule has 0 amide bonds. The molecule has 1 aliphatic heterocycles. The van der Waals surface area contributed by atoms with Gasteiger partial charge >= 0.3 is 0 Å². The number of hydrogen-bond donors (Lipinski definition) is 3. The van der Waals surface area contributed by atoms with E-state index in [1.54, 1.807) is 0 Å². The topological polar surface area (TPSA) is 83.6 Å². The summed E-state index contributed by atoms with van der Waals surface area (Å²) in [6, 6.07) is 10.1. The van der Waals surface area contributed by atoms with Gasteiger partial charge in [0, 0.05) is 24.0 Å². The molecule has 0 aliphatic carbocycles. The molecule has 21 heavy (non-hydrogen) atoms. The molecule has 0 saturated carbocycles. The second-order valence-corrected chi connectivity index (χ2v) is 5.21. The van der Waals surface area contributed by atoms with E-state index in [4.69, 9.17) is 10.6 Å². The third-order valence-corrected chi connectivity index (χ3v) is 3.87. The lowest BCUT2D eigenvalue weighted by atomic mass is 10.1. The zero-order valence-corrected chi connectivity index (χ0v) is 11.8. The number of anilines is 1. The molecule has 112 valence electrons. The number of morpholine rings is 1. The summed E-state index contributed by atoms with van der Waals surface area (Å²) in [6.07, 6.45) is 0. The lowest BCUT2D eigenvalue weighted by molar-refractivity contribution is -0.0312. The van der Waals surface area contributed by atoms with E-state index in [9.17, 15) is 5.11 Å². The monoisotopic (exact) mass is 288 g/mol. The van der Waals surface area contributed by atoms with Crippen molar-refractivity contribution in [1.82, 2.24) is 9.88 Å². The third-order valence-electron chi connectivity index (χ3n) is 3.87. The highest BCUT2D eigenvalue weighted by atomic mass is 16.5. The van der Waals surface area contributed by atoms with Crippen LogP contribution in [-0.2, 0) is 11.3 Å². The Morgan fingerprint density at radius 2 is 2.29 bits per heavy atom. The van der Waals surface area contributed by atoms with Crippen LogP contribution in [-0.4, -0.2) is 47.4 Å². The van der Waals surface area contributed by atoms with E-state index in [0.717, 1.165) is 23.0 Å². The number of nitrogens with one attached hydrogen (secondary N) is 1. The average molecular weight is 288 g/mol. The van der Waals surface area contributed by atoms with E-state index in [1.807, 2.05) is 24.3 Å². The van der Waals surface area contributed by atoms with E-state index in [2.05, 4.69) is 21.4 Å². The van der Waals surface area contributed by atoms with E-state index in [1.165, 1.54) is 0 Å². The van der Waals surface area contributed by atoms with Crippen molar-refractivity contribution in [2.75, 3.05) is 31.8 Å². The summed E-state index contributed by atoms with van der Waals surface area (Å²) in [6.45, 7) is 2.81. The highest BCUT2D eigenvalue weighted by Gasteiger charge is 2.23. The van der Waals surface area contributed by atoms with E-state index in [0.29, 0.717) is 25.6 Å². The third kappa shape index (κ3) is 2.98. The van der Waals surface area contributed by atoms with Gasteiger partial charge in [0.25, 0.3) is 0 Å². The molecule has 1 fully saturated rings. The summed E-state index contributed by atoms with van der Waals surface area (Å²) >= 11 is 0. The van der Waals surface area contributed by atoms with Crippen LogP contribution in [0.25, 0.3) is 10.9 Å². The molecule has 1 saturated heterocycles. The maximum atomic E-state index is 9.46. The lowest BCUT2D eigenvalue weighted by Crippen LogP contribution is -2.47. The van der Waals surface area contributed by atoms with Gasteiger partial charge in [-0.2, -0.15) is 0 Å². The minimum absolute atomic E-state index is 0.0239. The number of hydrazine groups is 1. The number of hydrogen-bond acceptors (Lipinski definition) is 6. The minimum Gasteiger partial charge on any atom is -0.395 e. The van der Waals surface area contributed by atoms with E-state index < -0.39 is 0 Å². The number of benzene rings is 1. The molecule has 1 unspecified atom stereocenters. The molecule has 6 heteroatoms. The summed E-state index contributed by atoms with van der Waals surface area (Å²) in [7, 11) is 0. The zero-order valence-electron chi connectivity index (χ0n) is 11.8. The predicted molar refractivity (Wildman–Crippen MR) is 81.7 cm³/mol. The predicted octanol–water partition coefficient (Wildman–Crippen LogP) is 0.713. The average Bonchev–Trinajstić information content (AvgIpc) is 2.54. The molecular weight excluding hydrogens is 268 g/mol. The Bertz CT molecular complexity index is 620. The van der Waals surface area contributed by atoms with Crippen LogP contribution < -0.4 is 11.3 Å². The van der Waals surface area contributed by atoms with Crippen molar-refractivity contribution in [3.05, 3.63) is 35.9 Å². The summed E-state index contributed by atoms with van der Waals surface area (Å²) in [5.41, 5.74) is 4.62. The van der Waals surface area contributed by atoms with Gasteiger partial charge in [-0.15, -0.1) is 0 Å². The number of nitrogen functional groups attached to an aromatic ring is 1. The zero-order chi connectivity index (χ0) is 14.7. The van der Waals surface area contributed by atoms with Gasteiger partial charge in [-0.25, -0.2) is 10.8 Å². The molecule has 0 bridgehead atoms. The first-order valence-corrected chi connectivity index (χ1v) is 7.09. The molecule has 1 atom stereocenters. The molecule has 1 aliphatic rings. The van der Waals surface area contributed by atoms with Gasteiger partial charge in [0.15, 0.2) is 0 Å². The van der Waals surface area contributed by atoms with Gasteiger partial charge in [0.05, 0.1) is 31.4 Å². The Morgan fingerprint density at radius 1 is 1.43 bits per heavy atom. The second-order valence-electron chi connectivity index (χ2n) is 5.21. The number of pyridine rings is 1. The number of ether oxygens (including phenoxy) is 1. The Labute approximate surface area is 123 Å². The van der Waals surface area contributed by atoms with Crippen LogP contribution >= 0.6 is 0 Å². The first kappa shape index (κ1) is 14.2. The Hall–Kier alpha value is -1.73. The van der Waals surface area contributed by atoms with E-state index in [-0.39, 0.29) is 12.6 Å². The highest BCUT2D eigenvalue weighted by Crippen LogP contribution is 2.22.